The van der Waals surface area contributed by atoms with Crippen LogP contribution >= 0.6 is 0 Å². The molecule has 5 heterocycles. The molecule has 6 rings (SSSR count). The van der Waals surface area contributed by atoms with Gasteiger partial charge in [-0.05, 0) is 45.4 Å². The van der Waals surface area contributed by atoms with Crippen LogP contribution in [0.5, 0.6) is 0 Å². The van der Waals surface area contributed by atoms with Crippen LogP contribution in [0, 0.1) is 38.5 Å². The van der Waals surface area contributed by atoms with Crippen molar-refractivity contribution < 1.29 is 19.1 Å². The van der Waals surface area contributed by atoms with Crippen LogP contribution in [0.2, 0.25) is 0 Å². The molecule has 43 heavy (non-hydrogen) atoms. The zero-order valence-corrected chi connectivity index (χ0v) is 27.2. The number of carbonyl (C=O) groups is 3. The SMILES string of the molecule is CCC[C@@H]1/C2=C3/c4[n-]c(c(C)c4C(=O)[C@@H]3C(=O)OC)/C=c3\[n-]/c(c(C=O)c3CC)=C\c3[n-]c(c(C)c3C)/C=C(\[N-]2)[C@H]1C.[Mg+2]. The third-order valence-corrected chi connectivity index (χ3v) is 9.29. The van der Waals surface area contributed by atoms with Crippen LogP contribution in [-0.2, 0) is 16.0 Å². The molecule has 8 nitrogen and oxygen atoms in total. The molecule has 8 bridgehead atoms. The Morgan fingerprint density at radius 3 is 2.23 bits per heavy atom. The van der Waals surface area contributed by atoms with E-state index in [1.165, 1.54) is 7.11 Å². The summed E-state index contributed by atoms with van der Waals surface area (Å²) in [5.41, 5.74) is 9.26. The van der Waals surface area contributed by atoms with Gasteiger partial charge in [0.15, 0.2) is 5.78 Å². The minimum absolute atomic E-state index is 0. The summed E-state index contributed by atoms with van der Waals surface area (Å²) in [5, 5.41) is 6.33. The molecule has 3 aromatic heterocycles. The molecule has 9 heteroatoms. The molecule has 0 radical (unpaired) electrons. The number of aromatic nitrogens is 3. The molecule has 0 N–H and O–H groups in total. The smallest absolute Gasteiger partial charge is 0.664 e. The molecule has 2 aliphatic heterocycles. The van der Waals surface area contributed by atoms with E-state index in [4.69, 9.17) is 25.0 Å². The quantitative estimate of drug-likeness (QED) is 0.194. The number of hydrogen-bond donors (Lipinski definition) is 0. The van der Waals surface area contributed by atoms with E-state index in [-0.39, 0.29) is 40.7 Å². The van der Waals surface area contributed by atoms with Crippen LogP contribution in [0.15, 0.2) is 11.4 Å². The van der Waals surface area contributed by atoms with Crippen molar-refractivity contribution >= 4 is 64.9 Å². The molecule has 0 saturated carbocycles. The molecule has 3 atom stereocenters. The normalized spacial score (nSPS) is 24.7. The fraction of sp³-hybridized carbons (Fsp3) is 0.382. The van der Waals surface area contributed by atoms with E-state index in [2.05, 4.69) is 13.8 Å². The number of carbonyl (C=O) groups excluding carboxylic acids is 3. The second-order valence-electron chi connectivity index (χ2n) is 11.5. The number of allylic oxidation sites excluding steroid dienone is 2. The van der Waals surface area contributed by atoms with Gasteiger partial charge in [0.05, 0.1) is 7.11 Å². The average Bonchev–Trinajstić information content (AvgIpc) is 3.71. The van der Waals surface area contributed by atoms with Crippen LogP contribution in [0.25, 0.3) is 29.1 Å². The van der Waals surface area contributed by atoms with Gasteiger partial charge in [-0.1, -0.05) is 73.2 Å². The van der Waals surface area contributed by atoms with Crippen molar-refractivity contribution in [1.82, 2.24) is 15.0 Å². The maximum Gasteiger partial charge on any atom is 2.00 e. The van der Waals surface area contributed by atoms with Crippen molar-refractivity contribution in [2.75, 3.05) is 7.11 Å². The van der Waals surface area contributed by atoms with Crippen molar-refractivity contribution in [3.05, 3.63) is 83.6 Å². The molecule has 0 unspecified atom stereocenters. The fourth-order valence-corrected chi connectivity index (χ4v) is 6.76. The molecule has 0 amide bonds. The first-order valence-corrected chi connectivity index (χ1v) is 14.6. The number of hydrogen-bond acceptors (Lipinski definition) is 4. The Hall–Kier alpha value is -3.56. The average molecular weight is 587 g/mol. The minimum atomic E-state index is -1.11. The second-order valence-corrected chi connectivity index (χ2v) is 11.5. The third-order valence-electron chi connectivity index (χ3n) is 9.29. The standard InChI is InChI=1S/C34H35N4O4.Mg/c1-8-10-20-17(5)24-11-22-15(3)16(4)23(35-22)12-27-21(14-39)19(9-2)26(36-27)13-25-18(6)28-32(38-25)29(31(20)37-24)30(33(28)40)34(41)42-7;/h11-14,17,20,30H,8-10H2,1-7H3,(H-,37,38,39,40);/q-3;+2/p-1/b24-11-,27-12-;/t17-,20-,30+;/m0./s1. The molecular formula is C34H34MgN4O4-2. The Morgan fingerprint density at radius 2 is 1.60 bits per heavy atom. The number of fused-ring (bicyclic) bond motifs is 7. The molecule has 218 valence electrons. The largest absolute Gasteiger partial charge is 2.00 e. The van der Waals surface area contributed by atoms with Gasteiger partial charge in [0.2, 0.25) is 0 Å². The van der Waals surface area contributed by atoms with E-state index >= 15 is 0 Å². The van der Waals surface area contributed by atoms with Gasteiger partial charge in [-0.3, -0.25) is 14.4 Å². The van der Waals surface area contributed by atoms with Crippen LogP contribution in [0.4, 0.5) is 0 Å². The molecule has 1 saturated heterocycles. The number of rotatable bonds is 5. The third kappa shape index (κ3) is 4.59. The fourth-order valence-electron chi connectivity index (χ4n) is 6.76. The topological polar surface area (TPSA) is 117 Å². The Morgan fingerprint density at radius 1 is 0.953 bits per heavy atom. The summed E-state index contributed by atoms with van der Waals surface area (Å²) in [5.74, 6) is -1.98. The van der Waals surface area contributed by atoms with E-state index in [0.29, 0.717) is 50.8 Å². The zero-order chi connectivity index (χ0) is 30.0. The Kier molecular flexibility index (Phi) is 8.26. The second kappa shape index (κ2) is 11.5. The first-order valence-electron chi connectivity index (χ1n) is 14.6. The molecule has 1 fully saturated rings. The summed E-state index contributed by atoms with van der Waals surface area (Å²) in [6.45, 7) is 12.2. The number of methoxy groups -OCH3 is 1. The predicted molar refractivity (Wildman–Crippen MR) is 166 cm³/mol. The first-order chi connectivity index (χ1) is 20.1. The first kappa shape index (κ1) is 30.9. The van der Waals surface area contributed by atoms with E-state index in [0.717, 1.165) is 58.6 Å². The summed E-state index contributed by atoms with van der Waals surface area (Å²) >= 11 is 0. The molecule has 3 aromatic rings. The van der Waals surface area contributed by atoms with Crippen molar-refractivity contribution in [2.24, 2.45) is 17.8 Å². The summed E-state index contributed by atoms with van der Waals surface area (Å²) in [4.78, 5) is 54.2. The number of aldehydes is 1. The molecular weight excluding hydrogens is 553 g/mol. The van der Waals surface area contributed by atoms with Gasteiger partial charge in [-0.2, -0.15) is 11.4 Å². The van der Waals surface area contributed by atoms with Crippen molar-refractivity contribution in [3.8, 4) is 0 Å². The number of nitrogens with zero attached hydrogens (tertiary/aromatic N) is 4. The van der Waals surface area contributed by atoms with Gasteiger partial charge in [0, 0.05) is 11.1 Å². The van der Waals surface area contributed by atoms with Crippen molar-refractivity contribution in [3.63, 3.8) is 0 Å². The number of ether oxygens (including phenoxy) is 1. The van der Waals surface area contributed by atoms with Gasteiger partial charge in [-0.15, -0.1) is 33.5 Å². The maximum absolute atomic E-state index is 13.9. The Bertz CT molecular complexity index is 1870. The molecule has 0 spiro atoms. The van der Waals surface area contributed by atoms with E-state index in [1.807, 2.05) is 45.9 Å². The summed E-state index contributed by atoms with van der Waals surface area (Å²) < 4.78 is 5.15. The number of esters is 1. The predicted octanol–water partition coefficient (Wildman–Crippen LogP) is 3.63. The van der Waals surface area contributed by atoms with Crippen LogP contribution < -0.4 is 25.7 Å². The van der Waals surface area contributed by atoms with E-state index in [1.54, 1.807) is 0 Å². The van der Waals surface area contributed by atoms with Gasteiger partial charge in [0.25, 0.3) is 0 Å². The van der Waals surface area contributed by atoms with Crippen LogP contribution in [-0.4, -0.2) is 48.2 Å². The minimum Gasteiger partial charge on any atom is -0.664 e. The Balaban J connectivity index is 0.00000368. The van der Waals surface area contributed by atoms with Crippen LogP contribution in [0.1, 0.15) is 99.4 Å². The molecule has 3 aliphatic rings. The summed E-state index contributed by atoms with van der Waals surface area (Å²) in [6.07, 6.45) is 8.95. The van der Waals surface area contributed by atoms with E-state index in [9.17, 15) is 14.4 Å². The number of Topliss-reactive ketones (excluding diaryl/α,β-unsaturated/α-hetero) is 1. The zero-order valence-electron chi connectivity index (χ0n) is 25.8. The van der Waals surface area contributed by atoms with Crippen molar-refractivity contribution in [1.29, 1.82) is 0 Å². The van der Waals surface area contributed by atoms with Crippen molar-refractivity contribution in [2.45, 2.75) is 60.8 Å². The number of ketones is 1. The van der Waals surface area contributed by atoms with E-state index < -0.39 is 11.9 Å². The molecule has 0 aromatic carbocycles. The van der Waals surface area contributed by atoms with Crippen LogP contribution in [0.3, 0.4) is 0 Å². The Labute approximate surface area is 267 Å². The van der Waals surface area contributed by atoms with Gasteiger partial charge in [-0.25, -0.2) is 0 Å². The summed E-state index contributed by atoms with van der Waals surface area (Å²) in [6, 6.07) is 0. The monoisotopic (exact) mass is 586 g/mol. The van der Waals surface area contributed by atoms with Gasteiger partial charge < -0.3 is 25.0 Å². The molecule has 1 aliphatic carbocycles. The summed E-state index contributed by atoms with van der Waals surface area (Å²) in [7, 11) is 1.30. The van der Waals surface area contributed by atoms with Gasteiger partial charge >= 0.3 is 29.0 Å². The van der Waals surface area contributed by atoms with Gasteiger partial charge in [0.1, 0.15) is 12.2 Å². The maximum atomic E-state index is 13.9.